The van der Waals surface area contributed by atoms with Gasteiger partial charge in [-0.2, -0.15) is 5.26 Å². The molecule has 1 aliphatic heterocycles. The average Bonchev–Trinajstić information content (AvgIpc) is 3.45. The van der Waals surface area contributed by atoms with E-state index in [2.05, 4.69) is 27.0 Å². The van der Waals surface area contributed by atoms with E-state index in [1.54, 1.807) is 6.07 Å². The summed E-state index contributed by atoms with van der Waals surface area (Å²) in [5.74, 6) is -1.07. The number of carboxylic acids is 1. The van der Waals surface area contributed by atoms with Gasteiger partial charge in [0.05, 0.1) is 11.6 Å². The first-order valence-electron chi connectivity index (χ1n) is 11.3. The van der Waals surface area contributed by atoms with Gasteiger partial charge in [0.2, 0.25) is 5.76 Å². The van der Waals surface area contributed by atoms with Crippen LogP contribution in [0.2, 0.25) is 0 Å². The zero-order chi connectivity index (χ0) is 22.8. The van der Waals surface area contributed by atoms with E-state index >= 15 is 0 Å². The van der Waals surface area contributed by atoms with Gasteiger partial charge in [-0.25, -0.2) is 4.79 Å². The van der Waals surface area contributed by atoms with Crippen molar-refractivity contribution in [1.29, 1.82) is 5.26 Å². The zero-order valence-corrected chi connectivity index (χ0v) is 19.6. The number of aromatic nitrogens is 1. The number of hydrogen-bond donors (Lipinski definition) is 2. The highest BCUT2D eigenvalue weighted by Gasteiger charge is 2.18. The van der Waals surface area contributed by atoms with Crippen molar-refractivity contribution in [1.82, 2.24) is 9.88 Å². The molecule has 5 rings (SSSR count). The second kappa shape index (κ2) is 10.2. The maximum Gasteiger partial charge on any atom is 0.371 e. The van der Waals surface area contributed by atoms with Crippen molar-refractivity contribution in [2.75, 3.05) is 37.6 Å². The molecule has 2 N–H and O–H groups in total. The highest BCUT2D eigenvalue weighted by Crippen LogP contribution is 2.26. The molecule has 0 atom stereocenters. The van der Waals surface area contributed by atoms with Crippen molar-refractivity contribution in [3.8, 4) is 6.07 Å². The molecule has 0 saturated carbocycles. The number of benzene rings is 2. The minimum atomic E-state index is -1.04. The van der Waals surface area contributed by atoms with Crippen LogP contribution in [0.25, 0.3) is 21.9 Å². The molecular formula is C26H27ClN4O3. The van der Waals surface area contributed by atoms with Crippen LogP contribution in [-0.2, 0) is 6.42 Å². The van der Waals surface area contributed by atoms with Crippen LogP contribution in [0.15, 0.2) is 53.1 Å². The van der Waals surface area contributed by atoms with Crippen molar-refractivity contribution >= 4 is 45.9 Å². The summed E-state index contributed by atoms with van der Waals surface area (Å²) in [4.78, 5) is 19.3. The number of H-pyrrole nitrogens is 1. The molecular weight excluding hydrogens is 452 g/mol. The molecule has 1 aliphatic rings. The fourth-order valence-electron chi connectivity index (χ4n) is 4.67. The van der Waals surface area contributed by atoms with Crippen LogP contribution in [0.4, 0.5) is 5.69 Å². The van der Waals surface area contributed by atoms with Crippen LogP contribution in [0.1, 0.15) is 34.5 Å². The Balaban J connectivity index is 0.00000274. The van der Waals surface area contributed by atoms with Gasteiger partial charge >= 0.3 is 5.97 Å². The van der Waals surface area contributed by atoms with Crippen LogP contribution >= 0.6 is 12.4 Å². The number of nitrogens with one attached hydrogen (secondary N) is 1. The normalized spacial score (nSPS) is 14.3. The number of nitriles is 1. The quantitative estimate of drug-likeness (QED) is 0.361. The number of aryl methyl sites for hydroxylation is 1. The minimum Gasteiger partial charge on any atom is -0.475 e. The number of nitrogens with zero attached hydrogens (tertiary/aromatic N) is 3. The maximum atomic E-state index is 11.1. The SMILES string of the molecule is Cl.N#Cc1ccc2[nH]cc(CCCCN3CCN(c4ccc5oc(C(=O)O)cc5c4)CC3)c2c1. The van der Waals surface area contributed by atoms with Gasteiger partial charge in [0.1, 0.15) is 5.58 Å². The number of hydrogen-bond acceptors (Lipinski definition) is 5. The first-order chi connectivity index (χ1) is 16.1. The lowest BCUT2D eigenvalue weighted by Crippen LogP contribution is -2.46. The van der Waals surface area contributed by atoms with Crippen LogP contribution in [0.5, 0.6) is 0 Å². The van der Waals surface area contributed by atoms with Gasteiger partial charge in [-0.05, 0) is 73.8 Å². The first-order valence-corrected chi connectivity index (χ1v) is 11.3. The van der Waals surface area contributed by atoms with E-state index in [0.717, 1.165) is 74.0 Å². The summed E-state index contributed by atoms with van der Waals surface area (Å²) in [6.45, 7) is 5.02. The third kappa shape index (κ3) is 4.89. The largest absolute Gasteiger partial charge is 0.475 e. The number of aromatic amines is 1. The summed E-state index contributed by atoms with van der Waals surface area (Å²) in [5, 5.41) is 20.3. The summed E-state index contributed by atoms with van der Waals surface area (Å²) < 4.78 is 5.36. The second-order valence-electron chi connectivity index (χ2n) is 8.61. The fraction of sp³-hybridized carbons (Fsp3) is 0.308. The number of furan rings is 1. The monoisotopic (exact) mass is 478 g/mol. The van der Waals surface area contributed by atoms with E-state index in [-0.39, 0.29) is 18.2 Å². The Bertz CT molecular complexity index is 1350. The molecule has 0 bridgehead atoms. The number of piperazine rings is 1. The number of carbonyl (C=O) groups is 1. The summed E-state index contributed by atoms with van der Waals surface area (Å²) in [6.07, 6.45) is 5.34. The van der Waals surface area contributed by atoms with Gasteiger partial charge in [0, 0.05) is 54.4 Å². The van der Waals surface area contributed by atoms with Crippen molar-refractivity contribution < 1.29 is 14.3 Å². The molecule has 176 valence electrons. The van der Waals surface area contributed by atoms with E-state index in [4.69, 9.17) is 14.8 Å². The summed E-state index contributed by atoms with van der Waals surface area (Å²) in [5.41, 5.74) is 4.79. The zero-order valence-electron chi connectivity index (χ0n) is 18.8. The number of anilines is 1. The lowest BCUT2D eigenvalue weighted by molar-refractivity contribution is 0.0665. The molecule has 0 spiro atoms. The van der Waals surface area contributed by atoms with Crippen molar-refractivity contribution in [3.63, 3.8) is 0 Å². The van der Waals surface area contributed by atoms with Gasteiger partial charge < -0.3 is 19.4 Å². The first kappa shape index (κ1) is 23.7. The Kier molecular flexibility index (Phi) is 7.11. The van der Waals surface area contributed by atoms with Crippen LogP contribution in [0, 0.1) is 11.3 Å². The topological polar surface area (TPSA) is 96.5 Å². The van der Waals surface area contributed by atoms with E-state index in [1.165, 1.54) is 5.56 Å². The number of carboxylic acid groups (broad SMARTS) is 1. The Hall–Kier alpha value is -3.47. The summed E-state index contributed by atoms with van der Waals surface area (Å²) >= 11 is 0. The van der Waals surface area contributed by atoms with Gasteiger partial charge in [-0.3, -0.25) is 4.90 Å². The highest BCUT2D eigenvalue weighted by atomic mass is 35.5. The van der Waals surface area contributed by atoms with Crippen LogP contribution in [0.3, 0.4) is 0 Å². The van der Waals surface area contributed by atoms with Crippen molar-refractivity contribution in [2.24, 2.45) is 0 Å². The predicted octanol–water partition coefficient (Wildman–Crippen LogP) is 5.05. The molecule has 0 aliphatic carbocycles. The molecule has 2 aromatic heterocycles. The minimum absolute atomic E-state index is 0. The third-order valence-corrected chi connectivity index (χ3v) is 6.52. The molecule has 0 radical (unpaired) electrons. The average molecular weight is 479 g/mol. The maximum absolute atomic E-state index is 11.1. The smallest absolute Gasteiger partial charge is 0.371 e. The second-order valence-corrected chi connectivity index (χ2v) is 8.61. The number of aromatic carboxylic acids is 1. The molecule has 34 heavy (non-hydrogen) atoms. The van der Waals surface area contributed by atoms with E-state index in [0.29, 0.717) is 11.1 Å². The van der Waals surface area contributed by atoms with E-state index < -0.39 is 5.97 Å². The van der Waals surface area contributed by atoms with Gasteiger partial charge in [-0.1, -0.05) is 0 Å². The lowest BCUT2D eigenvalue weighted by Gasteiger charge is -2.36. The predicted molar refractivity (Wildman–Crippen MR) is 135 cm³/mol. The number of unbranched alkanes of at least 4 members (excludes halogenated alkanes) is 1. The van der Waals surface area contributed by atoms with Gasteiger partial charge in [-0.15, -0.1) is 12.4 Å². The molecule has 0 amide bonds. The lowest BCUT2D eigenvalue weighted by atomic mass is 10.1. The van der Waals surface area contributed by atoms with Crippen molar-refractivity contribution in [3.05, 3.63) is 65.5 Å². The molecule has 2 aromatic carbocycles. The number of rotatable bonds is 7. The molecule has 8 heteroatoms. The van der Waals surface area contributed by atoms with E-state index in [1.807, 2.05) is 36.4 Å². The fourth-order valence-corrected chi connectivity index (χ4v) is 4.67. The summed E-state index contributed by atoms with van der Waals surface area (Å²) in [7, 11) is 0. The third-order valence-electron chi connectivity index (χ3n) is 6.52. The van der Waals surface area contributed by atoms with Crippen LogP contribution < -0.4 is 4.90 Å². The molecule has 3 heterocycles. The van der Waals surface area contributed by atoms with Crippen LogP contribution in [-0.4, -0.2) is 53.7 Å². The number of halogens is 1. The summed E-state index contributed by atoms with van der Waals surface area (Å²) in [6, 6.07) is 15.5. The molecule has 0 unspecified atom stereocenters. The Morgan fingerprint density at radius 1 is 1.09 bits per heavy atom. The molecule has 4 aromatic rings. The molecule has 1 saturated heterocycles. The van der Waals surface area contributed by atoms with Gasteiger partial charge in [0.15, 0.2) is 0 Å². The molecule has 1 fully saturated rings. The highest BCUT2D eigenvalue weighted by molar-refractivity contribution is 5.92. The Morgan fingerprint density at radius 3 is 2.68 bits per heavy atom. The standard InChI is InChI=1S/C26H26N4O3.ClH/c27-16-18-4-6-23-22(13-18)19(17-28-23)3-1-2-8-29-9-11-30(12-10-29)21-5-7-24-20(14-21)15-25(33-24)26(31)32;/h4-7,13-15,17,28H,1-3,8-12H2,(H,31,32);1H. The van der Waals surface area contributed by atoms with Gasteiger partial charge in [0.25, 0.3) is 0 Å². The number of fused-ring (bicyclic) bond motifs is 2. The Morgan fingerprint density at radius 2 is 1.91 bits per heavy atom. The Labute approximate surface area is 204 Å². The van der Waals surface area contributed by atoms with Crippen molar-refractivity contribution in [2.45, 2.75) is 19.3 Å². The van der Waals surface area contributed by atoms with E-state index in [9.17, 15) is 4.79 Å². The molecule has 7 nitrogen and oxygen atoms in total.